The van der Waals surface area contributed by atoms with Crippen LogP contribution in [0.25, 0.3) is 0 Å². The van der Waals surface area contributed by atoms with Crippen molar-refractivity contribution in [1.82, 2.24) is 19.7 Å². The molecule has 1 spiro atoms. The van der Waals surface area contributed by atoms with Gasteiger partial charge in [-0.1, -0.05) is 23.2 Å². The van der Waals surface area contributed by atoms with Crippen molar-refractivity contribution in [1.29, 1.82) is 0 Å². The van der Waals surface area contributed by atoms with Crippen LogP contribution in [0.15, 0.2) is 18.6 Å². The molecule has 0 radical (unpaired) electrons. The summed E-state index contributed by atoms with van der Waals surface area (Å²) in [6.07, 6.45) is -0.558. The Labute approximate surface area is 224 Å². The van der Waals surface area contributed by atoms with E-state index in [0.717, 1.165) is 37.1 Å². The van der Waals surface area contributed by atoms with Crippen LogP contribution < -0.4 is 0 Å². The normalized spacial score (nSPS) is 23.1. The fourth-order valence-electron chi connectivity index (χ4n) is 5.44. The van der Waals surface area contributed by atoms with E-state index in [-0.39, 0.29) is 21.0 Å². The van der Waals surface area contributed by atoms with E-state index in [9.17, 15) is 31.9 Å². The summed E-state index contributed by atoms with van der Waals surface area (Å²) < 4.78 is 58.0. The third-order valence-corrected chi connectivity index (χ3v) is 7.58. The van der Waals surface area contributed by atoms with Crippen molar-refractivity contribution in [2.45, 2.75) is 57.4 Å². The molecule has 0 saturated heterocycles. The van der Waals surface area contributed by atoms with E-state index in [4.69, 9.17) is 28.3 Å². The first-order valence-electron chi connectivity index (χ1n) is 11.7. The van der Waals surface area contributed by atoms with E-state index in [1.165, 1.54) is 0 Å². The molecule has 0 aliphatic heterocycles. The van der Waals surface area contributed by atoms with Crippen molar-refractivity contribution in [2.24, 2.45) is 11.3 Å². The minimum absolute atomic E-state index is 0.127. The minimum Gasteiger partial charge on any atom is -0.481 e. The SMILES string of the molecule is CC(C)(F)CN(CC(=O)c1c(Cl)cncc1Cl)C(=O)c1cnn([C@H]2CC3(C[C@H](C(=O)O)C3)C2)c1C(F)(F)F. The molecule has 206 valence electrons. The topological polar surface area (TPSA) is 105 Å². The monoisotopic (exact) mass is 578 g/mol. The third-order valence-electron chi connectivity index (χ3n) is 7.01. The molecule has 14 heteroatoms. The number of carbonyl (C=O) groups is 3. The Morgan fingerprint density at radius 1 is 1.08 bits per heavy atom. The summed E-state index contributed by atoms with van der Waals surface area (Å²) in [5.74, 6) is -3.47. The number of ketones is 1. The maximum Gasteiger partial charge on any atom is 0.433 e. The van der Waals surface area contributed by atoms with E-state index in [2.05, 4.69) is 10.1 Å². The number of nitrogens with zero attached hydrogens (tertiary/aromatic N) is 4. The van der Waals surface area contributed by atoms with E-state index >= 15 is 0 Å². The number of carboxylic acid groups (broad SMARTS) is 1. The van der Waals surface area contributed by atoms with Gasteiger partial charge in [-0.2, -0.15) is 18.3 Å². The third kappa shape index (κ3) is 5.51. The Kier molecular flexibility index (Phi) is 7.28. The molecule has 0 atom stereocenters. The van der Waals surface area contributed by atoms with Crippen LogP contribution in [0.1, 0.15) is 72.0 Å². The number of rotatable bonds is 8. The average molecular weight is 579 g/mol. The van der Waals surface area contributed by atoms with Gasteiger partial charge in [-0.15, -0.1) is 0 Å². The number of aliphatic carboxylic acids is 1. The molecule has 2 aromatic heterocycles. The largest absolute Gasteiger partial charge is 0.481 e. The lowest BCUT2D eigenvalue weighted by molar-refractivity contribution is -0.160. The molecule has 2 heterocycles. The van der Waals surface area contributed by atoms with E-state index in [0.29, 0.717) is 30.6 Å². The quantitative estimate of drug-likeness (QED) is 0.328. The molecular weight excluding hydrogens is 555 g/mol. The van der Waals surface area contributed by atoms with Crippen molar-refractivity contribution < 1.29 is 37.1 Å². The van der Waals surface area contributed by atoms with Crippen LogP contribution in [-0.4, -0.2) is 61.2 Å². The summed E-state index contributed by atoms with van der Waals surface area (Å²) >= 11 is 12.0. The van der Waals surface area contributed by atoms with Gasteiger partial charge in [0.25, 0.3) is 5.91 Å². The molecule has 0 bridgehead atoms. The van der Waals surface area contributed by atoms with Crippen LogP contribution in [0, 0.1) is 11.3 Å². The number of hydrogen-bond acceptors (Lipinski definition) is 5. The number of halogens is 6. The highest BCUT2D eigenvalue weighted by Gasteiger charge is 2.57. The van der Waals surface area contributed by atoms with Crippen LogP contribution in [-0.2, 0) is 11.0 Å². The number of amides is 1. The Hall–Kier alpha value is -2.73. The summed E-state index contributed by atoms with van der Waals surface area (Å²) in [6.45, 7) is 0.759. The summed E-state index contributed by atoms with van der Waals surface area (Å²) in [5.41, 5.74) is -4.71. The zero-order valence-corrected chi connectivity index (χ0v) is 21.9. The van der Waals surface area contributed by atoms with Crippen LogP contribution >= 0.6 is 23.2 Å². The molecule has 2 aliphatic carbocycles. The highest BCUT2D eigenvalue weighted by Crippen LogP contribution is 2.63. The zero-order chi connectivity index (χ0) is 28.2. The van der Waals surface area contributed by atoms with Crippen molar-refractivity contribution in [3.05, 3.63) is 45.5 Å². The summed E-state index contributed by atoms with van der Waals surface area (Å²) in [7, 11) is 0. The average Bonchev–Trinajstić information content (AvgIpc) is 3.14. The van der Waals surface area contributed by atoms with Gasteiger partial charge in [-0.25, -0.2) is 4.39 Å². The van der Waals surface area contributed by atoms with Crippen LogP contribution in [0.5, 0.6) is 0 Å². The van der Waals surface area contributed by atoms with Gasteiger partial charge in [0.1, 0.15) is 5.67 Å². The summed E-state index contributed by atoms with van der Waals surface area (Å²) in [6, 6.07) is -0.676. The van der Waals surface area contributed by atoms with Gasteiger partial charge in [0, 0.05) is 12.4 Å². The number of carboxylic acids is 1. The molecule has 4 rings (SSSR count). The highest BCUT2D eigenvalue weighted by molar-refractivity contribution is 6.39. The lowest BCUT2D eigenvalue weighted by Gasteiger charge is -2.56. The summed E-state index contributed by atoms with van der Waals surface area (Å²) in [4.78, 5) is 41.9. The number of carbonyl (C=O) groups excluding carboxylic acids is 2. The highest BCUT2D eigenvalue weighted by atomic mass is 35.5. The van der Waals surface area contributed by atoms with Crippen LogP contribution in [0.2, 0.25) is 10.0 Å². The molecule has 1 amide bonds. The van der Waals surface area contributed by atoms with E-state index in [1.807, 2.05) is 0 Å². The minimum atomic E-state index is -4.98. The number of Topliss-reactive ketones (excluding diaryl/α,β-unsaturated/α-hetero) is 1. The molecule has 2 aromatic rings. The van der Waals surface area contributed by atoms with E-state index in [1.54, 1.807) is 0 Å². The van der Waals surface area contributed by atoms with Crippen LogP contribution in [0.3, 0.4) is 0 Å². The van der Waals surface area contributed by atoms with Crippen molar-refractivity contribution in [3.63, 3.8) is 0 Å². The molecule has 1 N–H and O–H groups in total. The second kappa shape index (κ2) is 9.78. The molecule has 2 aliphatic rings. The van der Waals surface area contributed by atoms with E-state index < -0.39 is 65.8 Å². The van der Waals surface area contributed by atoms with Crippen molar-refractivity contribution in [3.8, 4) is 0 Å². The first-order valence-corrected chi connectivity index (χ1v) is 12.4. The van der Waals surface area contributed by atoms with Crippen molar-refractivity contribution in [2.75, 3.05) is 13.1 Å². The van der Waals surface area contributed by atoms with Gasteiger partial charge < -0.3 is 10.0 Å². The number of hydrogen-bond donors (Lipinski definition) is 1. The Bertz CT molecular complexity index is 1260. The molecule has 0 aromatic carbocycles. The molecule has 0 unspecified atom stereocenters. The lowest BCUT2D eigenvalue weighted by atomic mass is 9.50. The maximum absolute atomic E-state index is 14.6. The predicted octanol–water partition coefficient (Wildman–Crippen LogP) is 5.49. The van der Waals surface area contributed by atoms with Gasteiger partial charge >= 0.3 is 12.1 Å². The Balaban J connectivity index is 1.62. The summed E-state index contributed by atoms with van der Waals surface area (Å²) in [5, 5.41) is 12.7. The van der Waals surface area contributed by atoms with Crippen molar-refractivity contribution >= 4 is 40.9 Å². The number of alkyl halides is 4. The molecule has 2 saturated carbocycles. The first-order chi connectivity index (χ1) is 17.5. The molecular formula is C24H24Cl2F4N4O4. The zero-order valence-electron chi connectivity index (χ0n) is 20.4. The van der Waals surface area contributed by atoms with Gasteiger partial charge in [0.15, 0.2) is 11.5 Å². The predicted molar refractivity (Wildman–Crippen MR) is 128 cm³/mol. The molecule has 38 heavy (non-hydrogen) atoms. The lowest BCUT2D eigenvalue weighted by Crippen LogP contribution is -2.50. The Morgan fingerprint density at radius 3 is 2.16 bits per heavy atom. The smallest absolute Gasteiger partial charge is 0.433 e. The maximum atomic E-state index is 14.6. The molecule has 8 nitrogen and oxygen atoms in total. The van der Waals surface area contributed by atoms with Gasteiger partial charge in [-0.3, -0.25) is 24.0 Å². The molecule has 2 fully saturated rings. The standard InChI is InChI=1S/C24H24Cl2F4N4O4/c1-22(2,27)11-33(10-17(35)18-15(25)8-31-9-16(18)26)20(36)14-7-32-34(19(14)24(28,29)30)13-5-23(6-13)3-12(4-23)21(37)38/h7-9,12-13H,3-6,10-11H2,1-2H3,(H,37,38)/t12-,13-,23?. The fourth-order valence-corrected chi connectivity index (χ4v) is 6.01. The first kappa shape index (κ1) is 28.3. The van der Waals surface area contributed by atoms with Gasteiger partial charge in [-0.05, 0) is 44.9 Å². The second-order valence-corrected chi connectivity index (χ2v) is 11.5. The fraction of sp³-hybridized carbons (Fsp3) is 0.542. The number of aromatic nitrogens is 3. The Morgan fingerprint density at radius 2 is 1.66 bits per heavy atom. The number of pyridine rings is 1. The van der Waals surface area contributed by atoms with Gasteiger partial charge in [0.05, 0.1) is 52.4 Å². The van der Waals surface area contributed by atoms with Crippen LogP contribution in [0.4, 0.5) is 17.6 Å². The second-order valence-electron chi connectivity index (χ2n) is 10.6. The van der Waals surface area contributed by atoms with Gasteiger partial charge in [0.2, 0.25) is 0 Å².